The first kappa shape index (κ1) is 19.5. The number of aromatic amines is 1. The average molecular weight is 430 g/mol. The van der Waals surface area contributed by atoms with Crippen molar-refractivity contribution < 1.29 is 9.47 Å². The first-order valence-corrected chi connectivity index (χ1v) is 10.7. The number of nitrogens with one attached hydrogen (secondary N) is 1. The molecule has 2 aromatic heterocycles. The van der Waals surface area contributed by atoms with Crippen molar-refractivity contribution in [1.82, 2.24) is 24.6 Å². The summed E-state index contributed by atoms with van der Waals surface area (Å²) in [4.78, 5) is 22.6. The quantitative estimate of drug-likeness (QED) is 0.671. The standard InChI is InChI=1S/C21H24ClN5O3/c1-13(26-11-17(12-26)30-16-4-2-3-14(22)9-16)19-24-20-18(21(28)25-19)10-23-27(20)15-5-7-29-8-6-15/h2-4,9-10,13,15,17H,5-8,11-12H2,1H3,(H,24,25,28). The second-order valence-corrected chi connectivity index (χ2v) is 8.38. The van der Waals surface area contributed by atoms with Gasteiger partial charge in [0, 0.05) is 31.3 Å². The van der Waals surface area contributed by atoms with Crippen LogP contribution in [0.3, 0.4) is 0 Å². The van der Waals surface area contributed by atoms with Gasteiger partial charge in [0.05, 0.1) is 18.3 Å². The zero-order valence-corrected chi connectivity index (χ0v) is 17.5. The second-order valence-electron chi connectivity index (χ2n) is 7.95. The van der Waals surface area contributed by atoms with Crippen LogP contribution >= 0.6 is 11.6 Å². The zero-order valence-electron chi connectivity index (χ0n) is 16.8. The maximum atomic E-state index is 12.6. The molecule has 0 amide bonds. The van der Waals surface area contributed by atoms with Crippen LogP contribution in [0.5, 0.6) is 5.75 Å². The third-order valence-corrected chi connectivity index (χ3v) is 6.17. The highest BCUT2D eigenvalue weighted by Gasteiger charge is 2.34. The predicted octanol–water partition coefficient (Wildman–Crippen LogP) is 2.95. The van der Waals surface area contributed by atoms with E-state index in [4.69, 9.17) is 26.1 Å². The summed E-state index contributed by atoms with van der Waals surface area (Å²) in [7, 11) is 0. The van der Waals surface area contributed by atoms with Crippen LogP contribution in [0, 0.1) is 0 Å². The molecule has 3 aromatic rings. The van der Waals surface area contributed by atoms with E-state index in [0.29, 0.717) is 35.1 Å². The van der Waals surface area contributed by atoms with Gasteiger partial charge in [0.1, 0.15) is 23.1 Å². The molecule has 2 aliphatic heterocycles. The average Bonchev–Trinajstić information content (AvgIpc) is 3.15. The number of fused-ring (bicyclic) bond motifs is 1. The van der Waals surface area contributed by atoms with E-state index in [2.05, 4.69) is 21.9 Å². The minimum atomic E-state index is -0.146. The van der Waals surface area contributed by atoms with E-state index in [0.717, 1.165) is 31.7 Å². The van der Waals surface area contributed by atoms with E-state index in [1.165, 1.54) is 0 Å². The molecule has 2 saturated heterocycles. The fourth-order valence-corrected chi connectivity index (χ4v) is 4.29. The number of halogens is 1. The highest BCUT2D eigenvalue weighted by molar-refractivity contribution is 6.30. The summed E-state index contributed by atoms with van der Waals surface area (Å²) in [5.41, 5.74) is 0.507. The molecule has 1 unspecified atom stereocenters. The molecule has 0 aliphatic carbocycles. The number of H-pyrrole nitrogens is 1. The summed E-state index contributed by atoms with van der Waals surface area (Å²) in [5, 5.41) is 5.65. The van der Waals surface area contributed by atoms with Gasteiger partial charge in [0.2, 0.25) is 0 Å². The lowest BCUT2D eigenvalue weighted by atomic mass is 10.1. The lowest BCUT2D eigenvalue weighted by molar-refractivity contribution is -0.00735. The Balaban J connectivity index is 1.31. The molecule has 2 aliphatic rings. The number of likely N-dealkylation sites (tertiary alicyclic amines) is 1. The van der Waals surface area contributed by atoms with Gasteiger partial charge in [0.15, 0.2) is 5.65 Å². The Kier molecular flexibility index (Phi) is 5.22. The summed E-state index contributed by atoms with van der Waals surface area (Å²) in [5.74, 6) is 1.43. The van der Waals surface area contributed by atoms with E-state index < -0.39 is 0 Å². The minimum Gasteiger partial charge on any atom is -0.488 e. The molecule has 1 atom stereocenters. The van der Waals surface area contributed by atoms with Crippen molar-refractivity contribution in [3.8, 4) is 5.75 Å². The van der Waals surface area contributed by atoms with E-state index in [-0.39, 0.29) is 23.7 Å². The molecule has 2 fully saturated rings. The highest BCUT2D eigenvalue weighted by atomic mass is 35.5. The number of nitrogens with zero attached hydrogens (tertiary/aromatic N) is 4. The predicted molar refractivity (Wildman–Crippen MR) is 113 cm³/mol. The van der Waals surface area contributed by atoms with Gasteiger partial charge in [-0.2, -0.15) is 5.10 Å². The van der Waals surface area contributed by atoms with Crippen LogP contribution in [0.15, 0.2) is 35.3 Å². The lowest BCUT2D eigenvalue weighted by Crippen LogP contribution is -2.54. The van der Waals surface area contributed by atoms with Crippen LogP contribution in [-0.4, -0.2) is 57.1 Å². The maximum absolute atomic E-state index is 12.6. The zero-order chi connectivity index (χ0) is 20.7. The molecule has 0 saturated carbocycles. The molecule has 5 rings (SSSR count). The van der Waals surface area contributed by atoms with Gasteiger partial charge in [-0.25, -0.2) is 9.67 Å². The molecule has 1 N–H and O–H groups in total. The SMILES string of the molecule is CC(c1nc2c(cnn2C2CCOCC2)c(=O)[nH]1)N1CC(Oc2cccc(Cl)c2)C1. The van der Waals surface area contributed by atoms with Crippen molar-refractivity contribution in [1.29, 1.82) is 0 Å². The van der Waals surface area contributed by atoms with E-state index in [9.17, 15) is 4.79 Å². The summed E-state index contributed by atoms with van der Waals surface area (Å²) in [6.07, 6.45) is 3.47. The van der Waals surface area contributed by atoms with Crippen molar-refractivity contribution >= 4 is 22.6 Å². The Morgan fingerprint density at radius 1 is 1.30 bits per heavy atom. The first-order valence-electron chi connectivity index (χ1n) is 10.3. The molecule has 1 aromatic carbocycles. The van der Waals surface area contributed by atoms with Crippen molar-refractivity contribution in [3.63, 3.8) is 0 Å². The van der Waals surface area contributed by atoms with Gasteiger partial charge < -0.3 is 14.5 Å². The van der Waals surface area contributed by atoms with E-state index >= 15 is 0 Å². The second kappa shape index (κ2) is 8.02. The third-order valence-electron chi connectivity index (χ3n) is 5.94. The molecule has 9 heteroatoms. The Morgan fingerprint density at radius 2 is 2.10 bits per heavy atom. The van der Waals surface area contributed by atoms with Crippen LogP contribution in [0.4, 0.5) is 0 Å². The van der Waals surface area contributed by atoms with Crippen LogP contribution in [-0.2, 0) is 4.74 Å². The Bertz CT molecular complexity index is 1100. The van der Waals surface area contributed by atoms with Crippen molar-refractivity contribution in [2.24, 2.45) is 0 Å². The van der Waals surface area contributed by atoms with Gasteiger partial charge in [-0.3, -0.25) is 9.69 Å². The number of aromatic nitrogens is 4. The molecule has 4 heterocycles. The number of hydrogen-bond acceptors (Lipinski definition) is 6. The number of ether oxygens (including phenoxy) is 2. The highest BCUT2D eigenvalue weighted by Crippen LogP contribution is 2.28. The smallest absolute Gasteiger partial charge is 0.262 e. The summed E-state index contributed by atoms with van der Waals surface area (Å²) in [6.45, 7) is 4.98. The maximum Gasteiger partial charge on any atom is 0.262 e. The summed E-state index contributed by atoms with van der Waals surface area (Å²) >= 11 is 6.02. The fraction of sp³-hybridized carbons (Fsp3) is 0.476. The molecule has 158 valence electrons. The molecular formula is C21H24ClN5O3. The fourth-order valence-electron chi connectivity index (χ4n) is 4.11. The molecule has 0 radical (unpaired) electrons. The first-order chi connectivity index (χ1) is 14.6. The van der Waals surface area contributed by atoms with Crippen LogP contribution in [0.2, 0.25) is 5.02 Å². The molecule has 0 spiro atoms. The van der Waals surface area contributed by atoms with E-state index in [1.54, 1.807) is 6.20 Å². The number of benzene rings is 1. The van der Waals surface area contributed by atoms with Gasteiger partial charge in [-0.05, 0) is 38.0 Å². The summed E-state index contributed by atoms with van der Waals surface area (Å²) in [6, 6.07) is 7.61. The number of rotatable bonds is 5. The third kappa shape index (κ3) is 3.71. The van der Waals surface area contributed by atoms with Gasteiger partial charge in [-0.1, -0.05) is 17.7 Å². The van der Waals surface area contributed by atoms with Crippen LogP contribution < -0.4 is 10.3 Å². The molecular weight excluding hydrogens is 406 g/mol. The Labute approximate surface area is 178 Å². The van der Waals surface area contributed by atoms with Gasteiger partial charge in [0.25, 0.3) is 5.56 Å². The van der Waals surface area contributed by atoms with Crippen molar-refractivity contribution in [2.75, 3.05) is 26.3 Å². The van der Waals surface area contributed by atoms with Crippen LogP contribution in [0.25, 0.3) is 11.0 Å². The molecule has 8 nitrogen and oxygen atoms in total. The molecule has 30 heavy (non-hydrogen) atoms. The largest absolute Gasteiger partial charge is 0.488 e. The lowest BCUT2D eigenvalue weighted by Gasteiger charge is -2.42. The molecule has 0 bridgehead atoms. The topological polar surface area (TPSA) is 85.3 Å². The van der Waals surface area contributed by atoms with Crippen LogP contribution in [0.1, 0.15) is 37.7 Å². The Hall–Kier alpha value is -2.42. The Morgan fingerprint density at radius 3 is 2.87 bits per heavy atom. The minimum absolute atomic E-state index is 0.0284. The van der Waals surface area contributed by atoms with Gasteiger partial charge in [-0.15, -0.1) is 0 Å². The number of hydrogen-bond donors (Lipinski definition) is 1. The summed E-state index contributed by atoms with van der Waals surface area (Å²) < 4.78 is 13.3. The van der Waals surface area contributed by atoms with E-state index in [1.807, 2.05) is 28.9 Å². The van der Waals surface area contributed by atoms with Crippen molar-refractivity contribution in [2.45, 2.75) is 38.0 Å². The normalized spacial score (nSPS) is 19.7. The van der Waals surface area contributed by atoms with Crippen molar-refractivity contribution in [3.05, 3.63) is 51.7 Å². The van der Waals surface area contributed by atoms with Gasteiger partial charge >= 0.3 is 0 Å². The monoisotopic (exact) mass is 429 g/mol.